The number of halogens is 3. The molecule has 0 saturated carbocycles. The lowest BCUT2D eigenvalue weighted by molar-refractivity contribution is -0.119. The zero-order valence-electron chi connectivity index (χ0n) is 22.4. The molecule has 3 aromatic carbocycles. The Bertz CT molecular complexity index is 1460. The van der Waals surface area contributed by atoms with Crippen molar-refractivity contribution in [1.29, 1.82) is 0 Å². The van der Waals surface area contributed by atoms with Gasteiger partial charge in [-0.25, -0.2) is 18.2 Å². The number of carbonyl (C=O) groups excluding carboxylic acids is 1. The van der Waals surface area contributed by atoms with Crippen molar-refractivity contribution >= 4 is 29.2 Å². The number of nitrogens with zero attached hydrogens (tertiary/aromatic N) is 3. The quantitative estimate of drug-likeness (QED) is 0.210. The lowest BCUT2D eigenvalue weighted by Gasteiger charge is -2.33. The summed E-state index contributed by atoms with van der Waals surface area (Å²) in [5, 5.41) is -0.284. The molecule has 5 nitrogen and oxygen atoms in total. The van der Waals surface area contributed by atoms with E-state index in [-0.39, 0.29) is 54.3 Å². The maximum absolute atomic E-state index is 15.0. The first kappa shape index (κ1) is 27.8. The van der Waals surface area contributed by atoms with Crippen LogP contribution >= 0.6 is 11.9 Å². The third-order valence-electron chi connectivity index (χ3n) is 7.34. The number of aryl methyl sites for hydroxylation is 1. The van der Waals surface area contributed by atoms with Crippen molar-refractivity contribution in [2.45, 2.75) is 49.8 Å². The van der Waals surface area contributed by atoms with E-state index in [1.54, 1.807) is 35.4 Å². The maximum atomic E-state index is 15.0. The second-order valence-corrected chi connectivity index (χ2v) is 11.2. The lowest BCUT2D eigenvalue weighted by atomic mass is 9.87. The van der Waals surface area contributed by atoms with Gasteiger partial charge >= 0.3 is 0 Å². The number of imidazole rings is 1. The van der Waals surface area contributed by atoms with Crippen LogP contribution in [0.3, 0.4) is 0 Å². The molecule has 0 spiro atoms. The number of hydrogen-bond acceptors (Lipinski definition) is 4. The molecule has 1 aliphatic carbocycles. The second-order valence-electron chi connectivity index (χ2n) is 10.2. The number of carbonyl (C=O) groups is 1. The summed E-state index contributed by atoms with van der Waals surface area (Å²) in [6, 6.07) is 20.5. The Morgan fingerprint density at radius 2 is 1.90 bits per heavy atom. The van der Waals surface area contributed by atoms with Gasteiger partial charge in [-0.15, -0.1) is 0 Å². The Kier molecular flexibility index (Phi) is 8.21. The molecule has 1 N–H and O–H groups in total. The number of benzene rings is 3. The van der Waals surface area contributed by atoms with E-state index in [0.717, 1.165) is 5.56 Å². The summed E-state index contributed by atoms with van der Waals surface area (Å²) in [5.41, 5.74) is 2.76. The van der Waals surface area contributed by atoms with Crippen LogP contribution in [0.15, 0.2) is 85.2 Å². The van der Waals surface area contributed by atoms with Crippen LogP contribution in [0.4, 0.5) is 24.5 Å². The lowest BCUT2D eigenvalue weighted by Crippen LogP contribution is -2.33. The minimum Gasteiger partial charge on any atom is -0.337 e. The van der Waals surface area contributed by atoms with Gasteiger partial charge in [0.1, 0.15) is 11.6 Å². The third kappa shape index (κ3) is 6.20. The molecule has 4 aromatic rings. The summed E-state index contributed by atoms with van der Waals surface area (Å²) in [6.45, 7) is 2.22. The molecule has 208 valence electrons. The van der Waals surface area contributed by atoms with Gasteiger partial charge in [0.2, 0.25) is 5.91 Å². The average Bonchev–Trinajstić information content (AvgIpc) is 3.36. The monoisotopic (exact) mass is 564 g/mol. The van der Waals surface area contributed by atoms with E-state index in [1.165, 1.54) is 30.1 Å². The van der Waals surface area contributed by atoms with E-state index >= 15 is 8.78 Å². The van der Waals surface area contributed by atoms with E-state index in [4.69, 9.17) is 0 Å². The van der Waals surface area contributed by atoms with Gasteiger partial charge < -0.3 is 14.2 Å². The van der Waals surface area contributed by atoms with Crippen LogP contribution in [-0.2, 0) is 24.3 Å². The number of fused-ring (bicyclic) bond motifs is 1. The zero-order valence-corrected chi connectivity index (χ0v) is 23.2. The van der Waals surface area contributed by atoms with Crippen LogP contribution < -0.4 is 9.62 Å². The van der Waals surface area contributed by atoms with Gasteiger partial charge in [0.15, 0.2) is 0 Å². The predicted octanol–water partition coefficient (Wildman–Crippen LogP) is 7.97. The molecule has 1 aliphatic rings. The average molecular weight is 565 g/mol. The van der Waals surface area contributed by atoms with E-state index < -0.39 is 5.92 Å². The molecule has 5 rings (SSSR count). The van der Waals surface area contributed by atoms with Gasteiger partial charge in [0.25, 0.3) is 5.92 Å². The molecule has 0 radical (unpaired) electrons. The van der Waals surface area contributed by atoms with Crippen LogP contribution in [0, 0.1) is 5.82 Å². The van der Waals surface area contributed by atoms with Gasteiger partial charge in [0.05, 0.1) is 11.8 Å². The number of amides is 1. The maximum Gasteiger partial charge on any atom is 0.273 e. The first-order valence-electron chi connectivity index (χ1n) is 13.2. The second kappa shape index (κ2) is 11.8. The van der Waals surface area contributed by atoms with Crippen molar-refractivity contribution in [2.24, 2.45) is 7.05 Å². The van der Waals surface area contributed by atoms with Crippen LogP contribution in [0.2, 0.25) is 0 Å². The number of nitrogens with one attached hydrogen (secondary N) is 1. The summed E-state index contributed by atoms with van der Waals surface area (Å²) in [4.78, 5) is 19.8. The van der Waals surface area contributed by atoms with Crippen molar-refractivity contribution in [2.75, 3.05) is 9.62 Å². The number of hydrogen-bond donors (Lipinski definition) is 1. The van der Waals surface area contributed by atoms with Gasteiger partial charge in [0, 0.05) is 49.2 Å². The Balaban J connectivity index is 1.46. The fourth-order valence-electron chi connectivity index (χ4n) is 4.98. The van der Waals surface area contributed by atoms with Gasteiger partial charge in [-0.3, -0.25) is 4.79 Å². The van der Waals surface area contributed by atoms with Crippen molar-refractivity contribution in [1.82, 2.24) is 9.55 Å². The Hall–Kier alpha value is -3.72. The summed E-state index contributed by atoms with van der Waals surface area (Å²) in [7, 11) is 1.86. The van der Waals surface area contributed by atoms with Crippen LogP contribution in [0.1, 0.15) is 59.9 Å². The van der Waals surface area contributed by atoms with Crippen molar-refractivity contribution in [3.8, 4) is 0 Å². The number of alkyl halides is 2. The fourth-order valence-corrected chi connectivity index (χ4v) is 5.96. The minimum absolute atomic E-state index is 0.0250. The summed E-state index contributed by atoms with van der Waals surface area (Å²) < 4.78 is 48.4. The van der Waals surface area contributed by atoms with E-state index in [0.29, 0.717) is 22.8 Å². The van der Waals surface area contributed by atoms with Crippen LogP contribution in [0.25, 0.3) is 0 Å². The minimum atomic E-state index is -2.96. The molecule has 0 saturated heterocycles. The highest BCUT2D eigenvalue weighted by atomic mass is 32.2. The predicted molar refractivity (Wildman–Crippen MR) is 154 cm³/mol. The number of rotatable bonds is 9. The molecule has 0 aliphatic heterocycles. The number of aromatic nitrogens is 2. The molecule has 2 atom stereocenters. The topological polar surface area (TPSA) is 50.2 Å². The standard InChI is InChI=1S/C31H31F3N4OS/c1-21(22-6-4-3-5-7-22)18-30(39)38(20-29-35-16-17-37(29)2)25-12-13-27-26(19-25)28(14-15-31(27,33)34)40-36-24-10-8-23(32)9-11-24/h3-13,16-17,19,21,28,36H,14-15,18,20H2,1-2H3. The van der Waals surface area contributed by atoms with Crippen molar-refractivity contribution in [3.63, 3.8) is 0 Å². The molecular formula is C31H31F3N4OS. The van der Waals surface area contributed by atoms with Gasteiger partial charge in [-0.05, 0) is 71.8 Å². The summed E-state index contributed by atoms with van der Waals surface area (Å²) in [6.07, 6.45) is 3.72. The molecular weight excluding hydrogens is 533 g/mol. The van der Waals surface area contributed by atoms with Crippen LogP contribution in [0.5, 0.6) is 0 Å². The SMILES string of the molecule is CC(CC(=O)N(Cc1nccn1C)c1ccc2c(c1)C(SNc1ccc(F)cc1)CCC2(F)F)c1ccccc1. The third-order valence-corrected chi connectivity index (χ3v) is 8.47. The van der Waals surface area contributed by atoms with Crippen molar-refractivity contribution < 1.29 is 18.0 Å². The molecule has 0 fully saturated rings. The molecule has 40 heavy (non-hydrogen) atoms. The fraction of sp³-hybridized carbons (Fsp3) is 0.290. The highest BCUT2D eigenvalue weighted by Crippen LogP contribution is 2.50. The smallest absolute Gasteiger partial charge is 0.273 e. The molecule has 1 heterocycles. The van der Waals surface area contributed by atoms with Gasteiger partial charge in [-0.1, -0.05) is 43.3 Å². The Labute approximate surface area is 236 Å². The Morgan fingerprint density at radius 1 is 1.15 bits per heavy atom. The largest absolute Gasteiger partial charge is 0.337 e. The first-order valence-corrected chi connectivity index (χ1v) is 14.1. The first-order chi connectivity index (χ1) is 19.2. The molecule has 1 aromatic heterocycles. The molecule has 2 unspecified atom stereocenters. The molecule has 1 amide bonds. The van der Waals surface area contributed by atoms with E-state index in [1.807, 2.05) is 55.1 Å². The van der Waals surface area contributed by atoms with E-state index in [9.17, 15) is 9.18 Å². The Morgan fingerprint density at radius 3 is 2.60 bits per heavy atom. The van der Waals surface area contributed by atoms with Crippen molar-refractivity contribution in [3.05, 3.63) is 114 Å². The van der Waals surface area contributed by atoms with Gasteiger partial charge in [-0.2, -0.15) is 0 Å². The highest BCUT2D eigenvalue weighted by Gasteiger charge is 2.41. The highest BCUT2D eigenvalue weighted by molar-refractivity contribution is 8.00. The molecule has 0 bridgehead atoms. The summed E-state index contributed by atoms with van der Waals surface area (Å²) in [5.74, 6) is -2.76. The zero-order chi connectivity index (χ0) is 28.3. The molecule has 9 heteroatoms. The normalized spacial score (nSPS) is 16.7. The number of anilines is 2. The van der Waals surface area contributed by atoms with E-state index in [2.05, 4.69) is 9.71 Å². The van der Waals surface area contributed by atoms with Crippen LogP contribution in [-0.4, -0.2) is 15.5 Å². The summed E-state index contributed by atoms with van der Waals surface area (Å²) >= 11 is 1.32.